The van der Waals surface area contributed by atoms with Crippen LogP contribution in [-0.2, 0) is 19.6 Å². The number of benzene rings is 1. The zero-order valence-corrected chi connectivity index (χ0v) is 15.2. The highest BCUT2D eigenvalue weighted by Gasteiger charge is 2.35. The summed E-state index contributed by atoms with van der Waals surface area (Å²) in [5.74, 6) is -1.42. The van der Waals surface area contributed by atoms with Crippen LogP contribution in [0.15, 0.2) is 29.2 Å². The van der Waals surface area contributed by atoms with Gasteiger partial charge in [0.25, 0.3) is 5.91 Å². The molecule has 140 valence electrons. The van der Waals surface area contributed by atoms with E-state index in [1.807, 2.05) is 0 Å². The lowest BCUT2D eigenvalue weighted by Crippen LogP contribution is -2.52. The van der Waals surface area contributed by atoms with Crippen LogP contribution in [0.2, 0.25) is 0 Å². The minimum atomic E-state index is -3.96. The Labute approximate surface area is 152 Å². The molecule has 0 spiro atoms. The van der Waals surface area contributed by atoms with Crippen LogP contribution in [-0.4, -0.2) is 31.9 Å². The molecule has 1 aromatic carbocycles. The molecule has 0 radical (unpaired) electrons. The van der Waals surface area contributed by atoms with Gasteiger partial charge in [-0.25, -0.2) is 18.4 Å². The van der Waals surface area contributed by atoms with Gasteiger partial charge in [-0.1, -0.05) is 25.3 Å². The molecular formula is C17H21N3O5S. The lowest BCUT2D eigenvalue weighted by Gasteiger charge is -2.32. The minimum Gasteiger partial charge on any atom is -0.449 e. The van der Waals surface area contributed by atoms with Crippen molar-refractivity contribution in [2.75, 3.05) is 0 Å². The van der Waals surface area contributed by atoms with Crippen molar-refractivity contribution < 1.29 is 22.7 Å². The molecule has 1 aliphatic rings. The molecule has 0 bridgehead atoms. The van der Waals surface area contributed by atoms with E-state index in [0.29, 0.717) is 12.8 Å². The second-order valence-corrected chi connectivity index (χ2v) is 7.93. The fourth-order valence-corrected chi connectivity index (χ4v) is 3.40. The molecule has 1 atom stereocenters. The van der Waals surface area contributed by atoms with Crippen molar-refractivity contribution in [3.05, 3.63) is 29.8 Å². The van der Waals surface area contributed by atoms with Gasteiger partial charge < -0.3 is 10.1 Å². The summed E-state index contributed by atoms with van der Waals surface area (Å²) in [6.07, 6.45) is 2.71. The predicted octanol–water partition coefficient (Wildman–Crippen LogP) is 1.22. The van der Waals surface area contributed by atoms with Gasteiger partial charge in [-0.2, -0.15) is 5.26 Å². The fourth-order valence-electron chi connectivity index (χ4n) is 2.84. The normalized spacial score (nSPS) is 17.6. The number of rotatable bonds is 5. The summed E-state index contributed by atoms with van der Waals surface area (Å²) in [6, 6.07) is 7.21. The summed E-state index contributed by atoms with van der Waals surface area (Å²) in [5, 5.41) is 17.1. The highest BCUT2D eigenvalue weighted by Crippen LogP contribution is 2.27. The zero-order valence-electron chi connectivity index (χ0n) is 14.4. The second-order valence-electron chi connectivity index (χ2n) is 6.36. The van der Waals surface area contributed by atoms with Crippen LogP contribution in [0.25, 0.3) is 0 Å². The number of ether oxygens (including phenoxy) is 1. The molecule has 8 nitrogen and oxygen atoms in total. The standard InChI is InChI=1S/C17H21N3O5S/c1-12(15(21)20-17(11-18)8-3-2-4-9-17)25-16(22)13-6-5-7-14(10-13)26(19,23)24/h5-7,10,12H,2-4,8-9H2,1H3,(H,20,21)(H2,19,23,24)/t12-/m1/s1. The summed E-state index contributed by atoms with van der Waals surface area (Å²) in [7, 11) is -3.96. The van der Waals surface area contributed by atoms with Gasteiger partial charge >= 0.3 is 5.97 Å². The van der Waals surface area contributed by atoms with E-state index in [1.165, 1.54) is 25.1 Å². The molecule has 1 aromatic rings. The van der Waals surface area contributed by atoms with E-state index in [4.69, 9.17) is 9.88 Å². The predicted molar refractivity (Wildman–Crippen MR) is 92.3 cm³/mol. The van der Waals surface area contributed by atoms with Crippen molar-refractivity contribution in [2.45, 2.75) is 55.6 Å². The van der Waals surface area contributed by atoms with Crippen molar-refractivity contribution in [3.63, 3.8) is 0 Å². The van der Waals surface area contributed by atoms with E-state index in [0.717, 1.165) is 25.3 Å². The van der Waals surface area contributed by atoms with Crippen molar-refractivity contribution in [1.29, 1.82) is 5.26 Å². The van der Waals surface area contributed by atoms with E-state index >= 15 is 0 Å². The number of carbonyl (C=O) groups excluding carboxylic acids is 2. The largest absolute Gasteiger partial charge is 0.449 e. The van der Waals surface area contributed by atoms with Gasteiger partial charge in [-0.3, -0.25) is 4.79 Å². The Morgan fingerprint density at radius 2 is 1.96 bits per heavy atom. The Bertz CT molecular complexity index is 838. The highest BCUT2D eigenvalue weighted by molar-refractivity contribution is 7.89. The number of nitrogens with zero attached hydrogens (tertiary/aromatic N) is 1. The summed E-state index contributed by atoms with van der Waals surface area (Å²) >= 11 is 0. The number of nitrogens with two attached hydrogens (primary N) is 1. The topological polar surface area (TPSA) is 139 Å². The molecule has 26 heavy (non-hydrogen) atoms. The van der Waals surface area contributed by atoms with Crippen LogP contribution in [0.3, 0.4) is 0 Å². The molecule has 0 saturated heterocycles. The third-order valence-corrected chi connectivity index (χ3v) is 5.25. The molecule has 1 amide bonds. The first kappa shape index (κ1) is 19.9. The molecule has 1 aliphatic carbocycles. The summed E-state index contributed by atoms with van der Waals surface area (Å²) in [4.78, 5) is 24.3. The van der Waals surface area contributed by atoms with Crippen molar-refractivity contribution >= 4 is 21.9 Å². The summed E-state index contributed by atoms with van der Waals surface area (Å²) in [6.45, 7) is 1.39. The number of carbonyl (C=O) groups is 2. The number of hydrogen-bond donors (Lipinski definition) is 2. The van der Waals surface area contributed by atoms with Gasteiger partial charge in [0, 0.05) is 0 Å². The number of nitriles is 1. The number of nitrogens with one attached hydrogen (secondary N) is 1. The first-order valence-electron chi connectivity index (χ1n) is 8.24. The van der Waals surface area contributed by atoms with Gasteiger partial charge in [-0.15, -0.1) is 0 Å². The molecule has 9 heteroatoms. The second kappa shape index (κ2) is 7.85. The average Bonchev–Trinajstić information content (AvgIpc) is 2.61. The van der Waals surface area contributed by atoms with E-state index < -0.39 is 33.5 Å². The lowest BCUT2D eigenvalue weighted by molar-refractivity contribution is -0.130. The minimum absolute atomic E-state index is 0.0381. The Morgan fingerprint density at radius 1 is 1.31 bits per heavy atom. The maximum atomic E-state index is 12.3. The monoisotopic (exact) mass is 379 g/mol. The van der Waals surface area contributed by atoms with Gasteiger partial charge in [0.1, 0.15) is 5.54 Å². The lowest BCUT2D eigenvalue weighted by atomic mass is 9.83. The van der Waals surface area contributed by atoms with Crippen molar-refractivity contribution in [2.24, 2.45) is 5.14 Å². The molecule has 0 aliphatic heterocycles. The molecular weight excluding hydrogens is 358 g/mol. The molecule has 1 saturated carbocycles. The Kier molecular flexibility index (Phi) is 6.00. The van der Waals surface area contributed by atoms with E-state index in [1.54, 1.807) is 0 Å². The zero-order chi connectivity index (χ0) is 19.4. The number of amides is 1. The van der Waals surface area contributed by atoms with E-state index in [9.17, 15) is 23.3 Å². The van der Waals surface area contributed by atoms with Gasteiger partial charge in [-0.05, 0) is 38.0 Å². The summed E-state index contributed by atoms with van der Waals surface area (Å²) in [5.41, 5.74) is -0.965. The van der Waals surface area contributed by atoms with Crippen LogP contribution in [0, 0.1) is 11.3 Å². The quantitative estimate of drug-likeness (QED) is 0.737. The third kappa shape index (κ3) is 4.80. The third-order valence-electron chi connectivity index (χ3n) is 4.33. The molecule has 0 unspecified atom stereocenters. The first-order chi connectivity index (χ1) is 12.2. The fraction of sp³-hybridized carbons (Fsp3) is 0.471. The number of primary sulfonamides is 1. The number of esters is 1. The number of sulfonamides is 1. The maximum absolute atomic E-state index is 12.3. The highest BCUT2D eigenvalue weighted by atomic mass is 32.2. The van der Waals surface area contributed by atoms with Crippen LogP contribution >= 0.6 is 0 Å². The summed E-state index contributed by atoms with van der Waals surface area (Å²) < 4.78 is 27.8. The Morgan fingerprint density at radius 3 is 2.54 bits per heavy atom. The van der Waals surface area contributed by atoms with Crippen LogP contribution < -0.4 is 10.5 Å². The van der Waals surface area contributed by atoms with Gasteiger partial charge in [0.2, 0.25) is 10.0 Å². The Balaban J connectivity index is 2.05. The van der Waals surface area contributed by atoms with Gasteiger partial charge in [0.05, 0.1) is 16.5 Å². The Hall–Kier alpha value is -2.44. The molecule has 2 rings (SSSR count). The molecule has 0 heterocycles. The maximum Gasteiger partial charge on any atom is 0.338 e. The molecule has 1 fully saturated rings. The first-order valence-corrected chi connectivity index (χ1v) is 9.79. The van der Waals surface area contributed by atoms with Crippen molar-refractivity contribution in [1.82, 2.24) is 5.32 Å². The molecule has 0 aromatic heterocycles. The molecule has 3 N–H and O–H groups in total. The van der Waals surface area contributed by atoms with Crippen LogP contribution in [0.1, 0.15) is 49.4 Å². The SMILES string of the molecule is C[C@@H](OC(=O)c1cccc(S(N)(=O)=O)c1)C(=O)NC1(C#N)CCCCC1. The van der Waals surface area contributed by atoms with E-state index in [2.05, 4.69) is 11.4 Å². The van der Waals surface area contributed by atoms with E-state index in [-0.39, 0.29) is 10.5 Å². The van der Waals surface area contributed by atoms with Crippen LogP contribution in [0.4, 0.5) is 0 Å². The van der Waals surface area contributed by atoms with Crippen molar-refractivity contribution in [3.8, 4) is 6.07 Å². The van der Waals surface area contributed by atoms with Crippen LogP contribution in [0.5, 0.6) is 0 Å². The number of hydrogen-bond acceptors (Lipinski definition) is 6. The average molecular weight is 379 g/mol. The van der Waals surface area contributed by atoms with Gasteiger partial charge in [0.15, 0.2) is 6.10 Å². The smallest absolute Gasteiger partial charge is 0.338 e.